The van der Waals surface area contributed by atoms with Gasteiger partial charge in [0.05, 0.1) is 17.8 Å². The van der Waals surface area contributed by atoms with Gasteiger partial charge >= 0.3 is 0 Å². The predicted molar refractivity (Wildman–Crippen MR) is 86.5 cm³/mol. The first-order valence-corrected chi connectivity index (χ1v) is 7.84. The number of hydrogen-bond donors (Lipinski definition) is 0. The van der Waals surface area contributed by atoms with Crippen LogP contribution in [0.4, 0.5) is 0 Å². The van der Waals surface area contributed by atoms with E-state index in [1.165, 1.54) is 0 Å². The minimum atomic E-state index is 0.595. The summed E-state index contributed by atoms with van der Waals surface area (Å²) in [7, 11) is 0. The summed E-state index contributed by atoms with van der Waals surface area (Å²) in [5, 5.41) is 16.8. The molecule has 0 aliphatic heterocycles. The van der Waals surface area contributed by atoms with Gasteiger partial charge < -0.3 is 0 Å². The first kappa shape index (κ1) is 13.7. The van der Waals surface area contributed by atoms with E-state index < -0.39 is 0 Å². The lowest BCUT2D eigenvalue weighted by Crippen LogP contribution is -1.98. The molecule has 0 radical (unpaired) electrons. The van der Waals surface area contributed by atoms with Gasteiger partial charge in [0.15, 0.2) is 0 Å². The van der Waals surface area contributed by atoms with Crippen LogP contribution >= 0.6 is 38.5 Å². The standard InChI is InChI=1S/C12H10BrIN6/c1-2-20-17-12(15-18-20)10-7-19(16-11(10)14)9-5-3-4-8(13)6-9/h3-7H,2H2,1H3. The normalized spacial score (nSPS) is 10.9. The van der Waals surface area contributed by atoms with Crippen molar-refractivity contribution in [3.8, 4) is 17.1 Å². The fourth-order valence-corrected chi connectivity index (χ4v) is 2.74. The smallest absolute Gasteiger partial charge is 0.209 e. The molecular formula is C12H10BrIN6. The summed E-state index contributed by atoms with van der Waals surface area (Å²) in [4.78, 5) is 1.56. The van der Waals surface area contributed by atoms with Crippen molar-refractivity contribution in [2.45, 2.75) is 13.5 Å². The maximum atomic E-state index is 4.50. The molecule has 0 aliphatic carbocycles. The van der Waals surface area contributed by atoms with Gasteiger partial charge in [-0.25, -0.2) is 4.68 Å². The van der Waals surface area contributed by atoms with Crippen LogP contribution in [-0.4, -0.2) is 30.0 Å². The second-order valence-electron chi connectivity index (χ2n) is 4.06. The molecule has 3 aromatic rings. The zero-order valence-corrected chi connectivity index (χ0v) is 14.3. The largest absolute Gasteiger partial charge is 0.239 e. The summed E-state index contributed by atoms with van der Waals surface area (Å²) in [5.74, 6) is 0.595. The molecule has 0 saturated heterocycles. The van der Waals surface area contributed by atoms with Gasteiger partial charge in [0, 0.05) is 10.7 Å². The van der Waals surface area contributed by atoms with Crippen LogP contribution in [0.5, 0.6) is 0 Å². The Morgan fingerprint density at radius 2 is 2.15 bits per heavy atom. The number of tetrazole rings is 1. The van der Waals surface area contributed by atoms with Crippen molar-refractivity contribution in [1.82, 2.24) is 30.0 Å². The van der Waals surface area contributed by atoms with E-state index in [-0.39, 0.29) is 0 Å². The molecule has 0 unspecified atom stereocenters. The number of rotatable bonds is 3. The van der Waals surface area contributed by atoms with E-state index in [1.807, 2.05) is 42.1 Å². The Hall–Kier alpha value is -1.29. The van der Waals surface area contributed by atoms with Gasteiger partial charge in [-0.2, -0.15) is 9.90 Å². The van der Waals surface area contributed by atoms with Gasteiger partial charge in [-0.3, -0.25) is 0 Å². The van der Waals surface area contributed by atoms with Gasteiger partial charge in [-0.1, -0.05) is 22.0 Å². The van der Waals surface area contributed by atoms with Crippen LogP contribution in [0, 0.1) is 3.70 Å². The van der Waals surface area contributed by atoms with Crippen molar-refractivity contribution in [3.05, 3.63) is 38.6 Å². The maximum absolute atomic E-state index is 4.50. The van der Waals surface area contributed by atoms with Crippen molar-refractivity contribution >= 4 is 38.5 Å². The molecule has 20 heavy (non-hydrogen) atoms. The zero-order valence-electron chi connectivity index (χ0n) is 10.5. The van der Waals surface area contributed by atoms with Crippen molar-refractivity contribution in [2.75, 3.05) is 0 Å². The highest BCUT2D eigenvalue weighted by molar-refractivity contribution is 14.1. The number of hydrogen-bond acceptors (Lipinski definition) is 4. The van der Waals surface area contributed by atoms with Gasteiger partial charge in [0.1, 0.15) is 3.70 Å². The summed E-state index contributed by atoms with van der Waals surface area (Å²) in [6.07, 6.45) is 1.92. The lowest BCUT2D eigenvalue weighted by Gasteiger charge is -2.00. The molecule has 0 aliphatic rings. The minimum absolute atomic E-state index is 0.595. The van der Waals surface area contributed by atoms with Crippen molar-refractivity contribution in [1.29, 1.82) is 0 Å². The molecule has 0 bridgehead atoms. The molecule has 3 rings (SSSR count). The summed E-state index contributed by atoms with van der Waals surface area (Å²) in [5.41, 5.74) is 1.86. The fourth-order valence-electron chi connectivity index (χ4n) is 1.74. The quantitative estimate of drug-likeness (QED) is 0.583. The summed E-state index contributed by atoms with van der Waals surface area (Å²) < 4.78 is 3.67. The average molecular weight is 445 g/mol. The Morgan fingerprint density at radius 1 is 1.30 bits per heavy atom. The molecule has 102 valence electrons. The average Bonchev–Trinajstić information content (AvgIpc) is 3.04. The third-order valence-electron chi connectivity index (χ3n) is 2.72. The molecule has 2 heterocycles. The number of aromatic nitrogens is 6. The molecule has 8 heteroatoms. The van der Waals surface area contributed by atoms with Crippen LogP contribution in [0.2, 0.25) is 0 Å². The van der Waals surface area contributed by atoms with Gasteiger partial charge in [0.25, 0.3) is 0 Å². The molecule has 0 N–H and O–H groups in total. The Morgan fingerprint density at radius 3 is 2.85 bits per heavy atom. The van der Waals surface area contributed by atoms with Crippen LogP contribution in [0.1, 0.15) is 6.92 Å². The Bertz CT molecular complexity index is 750. The second-order valence-corrected chi connectivity index (χ2v) is 6.00. The lowest BCUT2D eigenvalue weighted by atomic mass is 10.3. The predicted octanol–water partition coefficient (Wildman–Crippen LogP) is 2.91. The summed E-state index contributed by atoms with van der Waals surface area (Å²) >= 11 is 5.64. The van der Waals surface area contributed by atoms with Crippen LogP contribution < -0.4 is 0 Å². The van der Waals surface area contributed by atoms with Gasteiger partial charge in [-0.15, -0.1) is 10.2 Å². The number of aryl methyl sites for hydroxylation is 1. The van der Waals surface area contributed by atoms with Gasteiger partial charge in [0.2, 0.25) is 5.82 Å². The van der Waals surface area contributed by atoms with E-state index in [1.54, 1.807) is 4.80 Å². The molecule has 0 spiro atoms. The molecule has 0 atom stereocenters. The molecule has 1 aromatic carbocycles. The Labute approximate surface area is 137 Å². The van der Waals surface area contributed by atoms with Crippen molar-refractivity contribution < 1.29 is 0 Å². The topological polar surface area (TPSA) is 61.4 Å². The third-order valence-corrected chi connectivity index (χ3v) is 4.01. The van der Waals surface area contributed by atoms with Crippen LogP contribution in [0.15, 0.2) is 34.9 Å². The Balaban J connectivity index is 2.02. The number of benzene rings is 1. The Kier molecular flexibility index (Phi) is 3.83. The van der Waals surface area contributed by atoms with Crippen molar-refractivity contribution in [3.63, 3.8) is 0 Å². The van der Waals surface area contributed by atoms with Crippen molar-refractivity contribution in [2.24, 2.45) is 0 Å². The number of halogens is 2. The minimum Gasteiger partial charge on any atom is -0.239 e. The fraction of sp³-hybridized carbons (Fsp3) is 0.167. The lowest BCUT2D eigenvalue weighted by molar-refractivity contribution is 0.553. The van der Waals surface area contributed by atoms with Crippen LogP contribution in [-0.2, 0) is 6.54 Å². The highest BCUT2D eigenvalue weighted by Crippen LogP contribution is 2.23. The van der Waals surface area contributed by atoms with Crippen LogP contribution in [0.25, 0.3) is 17.1 Å². The molecule has 0 fully saturated rings. The monoisotopic (exact) mass is 444 g/mol. The second kappa shape index (κ2) is 5.60. The van der Waals surface area contributed by atoms with E-state index in [0.29, 0.717) is 12.4 Å². The van der Waals surface area contributed by atoms with E-state index in [9.17, 15) is 0 Å². The summed E-state index contributed by atoms with van der Waals surface area (Å²) in [6, 6.07) is 7.95. The highest BCUT2D eigenvalue weighted by Gasteiger charge is 2.14. The van der Waals surface area contributed by atoms with Crippen LogP contribution in [0.3, 0.4) is 0 Å². The molecular weight excluding hydrogens is 435 g/mol. The zero-order chi connectivity index (χ0) is 14.1. The molecule has 2 aromatic heterocycles. The van der Waals surface area contributed by atoms with Gasteiger partial charge in [-0.05, 0) is 52.9 Å². The van der Waals surface area contributed by atoms with E-state index >= 15 is 0 Å². The first-order valence-electron chi connectivity index (χ1n) is 5.96. The SMILES string of the molecule is CCn1nnc(-c2cn(-c3cccc(Br)c3)nc2I)n1. The van der Waals surface area contributed by atoms with E-state index in [0.717, 1.165) is 19.4 Å². The van der Waals surface area contributed by atoms with E-state index in [4.69, 9.17) is 0 Å². The molecule has 0 amide bonds. The summed E-state index contributed by atoms with van der Waals surface area (Å²) in [6.45, 7) is 2.67. The van der Waals surface area contributed by atoms with E-state index in [2.05, 4.69) is 59.0 Å². The third kappa shape index (κ3) is 2.62. The highest BCUT2D eigenvalue weighted by atomic mass is 127. The maximum Gasteiger partial charge on any atom is 0.209 e. The first-order chi connectivity index (χ1) is 9.67. The molecule has 0 saturated carbocycles. The number of nitrogens with zero attached hydrogens (tertiary/aromatic N) is 6. The molecule has 6 nitrogen and oxygen atoms in total.